The van der Waals surface area contributed by atoms with E-state index in [-0.39, 0.29) is 5.60 Å². The third-order valence-corrected chi connectivity index (χ3v) is 4.18. The molecule has 0 bridgehead atoms. The van der Waals surface area contributed by atoms with Gasteiger partial charge in [-0.15, -0.1) is 0 Å². The van der Waals surface area contributed by atoms with Crippen molar-refractivity contribution in [3.05, 3.63) is 24.7 Å². The van der Waals surface area contributed by atoms with Crippen molar-refractivity contribution >= 4 is 0 Å². The maximum Gasteiger partial charge on any atom is 0.182 e. The SMILES string of the molecule is C=C(OC(C)(C)C)N1CCC[C@@H](C(=C)N2CCCC2)C1. The van der Waals surface area contributed by atoms with Crippen LogP contribution in [0.4, 0.5) is 0 Å². The second-order valence-electron chi connectivity index (χ2n) is 7.08. The summed E-state index contributed by atoms with van der Waals surface area (Å²) in [5.41, 5.74) is 1.16. The Kier molecular flexibility index (Phi) is 4.66. The highest BCUT2D eigenvalue weighted by Gasteiger charge is 2.28. The molecule has 0 saturated carbocycles. The van der Waals surface area contributed by atoms with E-state index in [9.17, 15) is 0 Å². The van der Waals surface area contributed by atoms with Gasteiger partial charge in [-0.1, -0.05) is 6.58 Å². The molecule has 0 spiro atoms. The molecule has 0 radical (unpaired) electrons. The van der Waals surface area contributed by atoms with E-state index in [1.165, 1.54) is 44.5 Å². The van der Waals surface area contributed by atoms with Gasteiger partial charge in [0.15, 0.2) is 5.88 Å². The molecule has 20 heavy (non-hydrogen) atoms. The topological polar surface area (TPSA) is 15.7 Å². The third-order valence-electron chi connectivity index (χ3n) is 4.18. The van der Waals surface area contributed by atoms with Crippen molar-refractivity contribution in [3.8, 4) is 0 Å². The second kappa shape index (κ2) is 6.11. The van der Waals surface area contributed by atoms with E-state index in [0.717, 1.165) is 19.0 Å². The van der Waals surface area contributed by atoms with Crippen molar-refractivity contribution in [2.24, 2.45) is 5.92 Å². The van der Waals surface area contributed by atoms with Crippen molar-refractivity contribution in [1.82, 2.24) is 9.80 Å². The van der Waals surface area contributed by atoms with Gasteiger partial charge >= 0.3 is 0 Å². The van der Waals surface area contributed by atoms with Crippen LogP contribution in [0.2, 0.25) is 0 Å². The first-order valence-electron chi connectivity index (χ1n) is 7.93. The van der Waals surface area contributed by atoms with Crippen molar-refractivity contribution in [2.45, 2.75) is 52.1 Å². The highest BCUT2D eigenvalue weighted by atomic mass is 16.5. The van der Waals surface area contributed by atoms with Crippen LogP contribution >= 0.6 is 0 Å². The number of hydrogen-bond acceptors (Lipinski definition) is 3. The van der Waals surface area contributed by atoms with Crippen LogP contribution in [0.5, 0.6) is 0 Å². The summed E-state index contributed by atoms with van der Waals surface area (Å²) >= 11 is 0. The zero-order chi connectivity index (χ0) is 14.8. The summed E-state index contributed by atoms with van der Waals surface area (Å²) in [4.78, 5) is 4.77. The van der Waals surface area contributed by atoms with Crippen LogP contribution in [0.15, 0.2) is 24.7 Å². The Morgan fingerprint density at radius 3 is 2.20 bits per heavy atom. The fourth-order valence-corrected chi connectivity index (χ4v) is 3.16. The maximum atomic E-state index is 5.92. The molecule has 0 aromatic carbocycles. The van der Waals surface area contributed by atoms with Gasteiger partial charge in [-0.3, -0.25) is 0 Å². The molecule has 0 aromatic rings. The highest BCUT2D eigenvalue weighted by molar-refractivity contribution is 5.05. The minimum Gasteiger partial charge on any atom is -0.474 e. The Labute approximate surface area is 124 Å². The average Bonchev–Trinajstić information content (AvgIpc) is 2.90. The molecule has 0 unspecified atom stereocenters. The largest absolute Gasteiger partial charge is 0.474 e. The smallest absolute Gasteiger partial charge is 0.182 e. The lowest BCUT2D eigenvalue weighted by Gasteiger charge is -2.39. The first-order valence-corrected chi connectivity index (χ1v) is 7.93. The lowest BCUT2D eigenvalue weighted by atomic mass is 9.94. The number of likely N-dealkylation sites (tertiary alicyclic amines) is 2. The van der Waals surface area contributed by atoms with Crippen molar-refractivity contribution in [1.29, 1.82) is 0 Å². The third kappa shape index (κ3) is 3.94. The first-order chi connectivity index (χ1) is 9.37. The Morgan fingerprint density at radius 1 is 1.00 bits per heavy atom. The lowest BCUT2D eigenvalue weighted by Crippen LogP contribution is -2.40. The van der Waals surface area contributed by atoms with Crippen LogP contribution in [0.3, 0.4) is 0 Å². The first kappa shape index (κ1) is 15.3. The van der Waals surface area contributed by atoms with Crippen molar-refractivity contribution < 1.29 is 4.74 Å². The van der Waals surface area contributed by atoms with Crippen LogP contribution in [-0.2, 0) is 4.74 Å². The molecule has 114 valence electrons. The molecule has 0 amide bonds. The molecule has 2 rings (SSSR count). The molecule has 2 heterocycles. The molecule has 2 saturated heterocycles. The van der Waals surface area contributed by atoms with E-state index in [0.29, 0.717) is 5.92 Å². The molecule has 3 nitrogen and oxygen atoms in total. The lowest BCUT2D eigenvalue weighted by molar-refractivity contribution is -0.00687. The van der Waals surface area contributed by atoms with Gasteiger partial charge in [0.2, 0.25) is 0 Å². The number of nitrogens with zero attached hydrogens (tertiary/aromatic N) is 2. The van der Waals surface area contributed by atoms with Gasteiger partial charge in [0, 0.05) is 37.8 Å². The van der Waals surface area contributed by atoms with Crippen LogP contribution in [0.1, 0.15) is 46.5 Å². The van der Waals surface area contributed by atoms with Gasteiger partial charge in [-0.2, -0.15) is 0 Å². The molecule has 2 aliphatic heterocycles. The van der Waals surface area contributed by atoms with Gasteiger partial charge in [-0.05, 0) is 53.0 Å². The molecule has 3 heteroatoms. The molecular weight excluding hydrogens is 248 g/mol. The van der Waals surface area contributed by atoms with E-state index < -0.39 is 0 Å². The quantitative estimate of drug-likeness (QED) is 0.731. The summed E-state index contributed by atoms with van der Waals surface area (Å²) in [6.45, 7) is 19.1. The Balaban J connectivity index is 1.91. The monoisotopic (exact) mass is 278 g/mol. The summed E-state index contributed by atoms with van der Waals surface area (Å²) in [6.07, 6.45) is 5.07. The van der Waals surface area contributed by atoms with E-state index in [2.05, 4.69) is 43.7 Å². The fourth-order valence-electron chi connectivity index (χ4n) is 3.16. The Hall–Kier alpha value is -1.12. The summed E-state index contributed by atoms with van der Waals surface area (Å²) in [6, 6.07) is 0. The number of piperidine rings is 1. The Bertz CT molecular complexity index is 364. The molecule has 0 N–H and O–H groups in total. The zero-order valence-corrected chi connectivity index (χ0v) is 13.5. The van der Waals surface area contributed by atoms with Crippen LogP contribution in [0.25, 0.3) is 0 Å². The Morgan fingerprint density at radius 2 is 1.60 bits per heavy atom. The highest BCUT2D eigenvalue weighted by Crippen LogP contribution is 2.29. The van der Waals surface area contributed by atoms with Crippen LogP contribution < -0.4 is 0 Å². The van der Waals surface area contributed by atoms with Gasteiger partial charge in [0.1, 0.15) is 5.60 Å². The number of rotatable bonds is 4. The standard InChI is InChI=1S/C17H30N2O/c1-14(18-10-6-7-11-18)16-9-8-12-19(13-16)15(2)20-17(3,4)5/h16H,1-2,6-13H2,3-5H3/t16-/m1/s1. The second-order valence-corrected chi connectivity index (χ2v) is 7.08. The average molecular weight is 278 g/mol. The summed E-state index contributed by atoms with van der Waals surface area (Å²) in [7, 11) is 0. The van der Waals surface area contributed by atoms with E-state index in [1.54, 1.807) is 0 Å². The summed E-state index contributed by atoms with van der Waals surface area (Å²) < 4.78 is 5.92. The van der Waals surface area contributed by atoms with E-state index >= 15 is 0 Å². The number of hydrogen-bond donors (Lipinski definition) is 0. The molecule has 2 fully saturated rings. The maximum absolute atomic E-state index is 5.92. The minimum atomic E-state index is -0.171. The predicted molar refractivity (Wildman–Crippen MR) is 84.2 cm³/mol. The number of ether oxygens (including phenoxy) is 1. The van der Waals surface area contributed by atoms with Crippen LogP contribution in [-0.4, -0.2) is 41.6 Å². The minimum absolute atomic E-state index is 0.171. The van der Waals surface area contributed by atoms with Crippen molar-refractivity contribution in [3.63, 3.8) is 0 Å². The van der Waals surface area contributed by atoms with Crippen LogP contribution in [0, 0.1) is 5.92 Å². The molecule has 2 aliphatic rings. The fraction of sp³-hybridized carbons (Fsp3) is 0.765. The normalized spacial score (nSPS) is 23.9. The van der Waals surface area contributed by atoms with Gasteiger partial charge < -0.3 is 14.5 Å². The van der Waals surface area contributed by atoms with E-state index in [1.807, 2.05) is 0 Å². The molecule has 0 aliphatic carbocycles. The summed E-state index contributed by atoms with van der Waals surface area (Å²) in [5.74, 6) is 1.37. The van der Waals surface area contributed by atoms with Gasteiger partial charge in [-0.25, -0.2) is 0 Å². The summed E-state index contributed by atoms with van der Waals surface area (Å²) in [5, 5.41) is 0. The van der Waals surface area contributed by atoms with E-state index in [4.69, 9.17) is 4.74 Å². The molecule has 0 aromatic heterocycles. The molecular formula is C17H30N2O. The molecule has 1 atom stereocenters. The zero-order valence-electron chi connectivity index (χ0n) is 13.5. The van der Waals surface area contributed by atoms with Gasteiger partial charge in [0.25, 0.3) is 0 Å². The predicted octanol–water partition coefficient (Wildman–Crippen LogP) is 3.59. The van der Waals surface area contributed by atoms with Crippen molar-refractivity contribution in [2.75, 3.05) is 26.2 Å². The van der Waals surface area contributed by atoms with Gasteiger partial charge in [0.05, 0.1) is 0 Å².